The van der Waals surface area contributed by atoms with Gasteiger partial charge in [0.2, 0.25) is 5.91 Å². The summed E-state index contributed by atoms with van der Waals surface area (Å²) >= 11 is 0. The van der Waals surface area contributed by atoms with Gasteiger partial charge in [0.15, 0.2) is 0 Å². The van der Waals surface area contributed by atoms with Crippen LogP contribution >= 0.6 is 0 Å². The number of hydrogen-bond acceptors (Lipinski definition) is 2. The molecule has 2 amide bonds. The van der Waals surface area contributed by atoms with Gasteiger partial charge in [0.05, 0.1) is 0 Å². The number of carbonyl (C=O) groups is 2. The molecule has 3 rings (SSSR count). The van der Waals surface area contributed by atoms with E-state index < -0.39 is 0 Å². The average Bonchev–Trinajstić information content (AvgIpc) is 3.15. The summed E-state index contributed by atoms with van der Waals surface area (Å²) in [6, 6.07) is 13.9. The van der Waals surface area contributed by atoms with Crippen molar-refractivity contribution in [1.29, 1.82) is 0 Å². The Morgan fingerprint density at radius 2 is 1.85 bits per heavy atom. The highest BCUT2D eigenvalue weighted by molar-refractivity contribution is 5.94. The summed E-state index contributed by atoms with van der Waals surface area (Å²) in [7, 11) is 1.82. The summed E-state index contributed by atoms with van der Waals surface area (Å²) in [5.41, 5.74) is 2.27. The van der Waals surface area contributed by atoms with Crippen LogP contribution in [0.15, 0.2) is 48.5 Å². The molecule has 0 saturated heterocycles. The monoisotopic (exact) mass is 368 g/mol. The molecule has 0 bridgehead atoms. The van der Waals surface area contributed by atoms with Crippen molar-refractivity contribution in [1.82, 2.24) is 10.2 Å². The number of benzene rings is 2. The van der Waals surface area contributed by atoms with Gasteiger partial charge in [-0.05, 0) is 54.7 Å². The summed E-state index contributed by atoms with van der Waals surface area (Å²) < 4.78 is 13.4. The Bertz CT molecular complexity index is 819. The summed E-state index contributed by atoms with van der Waals surface area (Å²) in [5, 5.41) is 3.01. The van der Waals surface area contributed by atoms with Crippen molar-refractivity contribution in [2.24, 2.45) is 0 Å². The van der Waals surface area contributed by atoms with Gasteiger partial charge >= 0.3 is 0 Å². The molecule has 0 heterocycles. The molecule has 1 aliphatic carbocycles. The summed E-state index contributed by atoms with van der Waals surface area (Å²) in [6.07, 6.45) is 3.05. The molecule has 5 heteroatoms. The number of nitrogens with zero attached hydrogens (tertiary/aromatic N) is 1. The summed E-state index contributed by atoms with van der Waals surface area (Å²) in [6.45, 7) is 1.84. The Hall–Kier alpha value is -2.69. The number of nitrogens with one attached hydrogen (secondary N) is 1. The van der Waals surface area contributed by atoms with E-state index in [2.05, 4.69) is 5.32 Å². The zero-order valence-electron chi connectivity index (χ0n) is 15.7. The van der Waals surface area contributed by atoms with Crippen molar-refractivity contribution in [2.75, 3.05) is 7.05 Å². The number of amides is 2. The Kier molecular flexibility index (Phi) is 5.89. The first-order chi connectivity index (χ1) is 13.0. The van der Waals surface area contributed by atoms with Crippen molar-refractivity contribution in [3.8, 4) is 11.1 Å². The van der Waals surface area contributed by atoms with Crippen LogP contribution in [-0.2, 0) is 4.79 Å². The maximum Gasteiger partial charge on any atom is 0.253 e. The molecular formula is C22H25FN2O2. The Morgan fingerprint density at radius 1 is 1.11 bits per heavy atom. The van der Waals surface area contributed by atoms with E-state index in [1.165, 1.54) is 12.1 Å². The van der Waals surface area contributed by atoms with Crippen LogP contribution in [-0.4, -0.2) is 35.8 Å². The van der Waals surface area contributed by atoms with Gasteiger partial charge in [-0.1, -0.05) is 31.2 Å². The maximum absolute atomic E-state index is 13.4. The minimum Gasteiger partial charge on any atom is -0.353 e. The second-order valence-electron chi connectivity index (χ2n) is 7.09. The minimum absolute atomic E-state index is 0.0340. The van der Waals surface area contributed by atoms with Crippen LogP contribution in [0.4, 0.5) is 4.39 Å². The molecule has 4 nitrogen and oxygen atoms in total. The lowest BCUT2D eigenvalue weighted by molar-refractivity contribution is -0.121. The SMILES string of the molecule is CCC(=O)N[C@H]1CC[C@@H](N(C)C(=O)c2ccc(-c3cccc(F)c3)cc2)C1. The maximum atomic E-state index is 13.4. The molecule has 1 saturated carbocycles. The number of halogens is 1. The van der Waals surface area contributed by atoms with Crippen LogP contribution in [0.25, 0.3) is 11.1 Å². The topological polar surface area (TPSA) is 49.4 Å². The van der Waals surface area contributed by atoms with Gasteiger partial charge in [-0.2, -0.15) is 0 Å². The molecule has 0 aromatic heterocycles. The second kappa shape index (κ2) is 8.33. The van der Waals surface area contributed by atoms with Gasteiger partial charge in [-0.15, -0.1) is 0 Å². The second-order valence-corrected chi connectivity index (χ2v) is 7.09. The third kappa shape index (κ3) is 4.54. The van der Waals surface area contributed by atoms with Crippen molar-refractivity contribution in [3.63, 3.8) is 0 Å². The fraction of sp³-hybridized carbons (Fsp3) is 0.364. The van der Waals surface area contributed by atoms with Crippen molar-refractivity contribution >= 4 is 11.8 Å². The lowest BCUT2D eigenvalue weighted by Gasteiger charge is -2.25. The normalized spacial score (nSPS) is 18.9. The minimum atomic E-state index is -0.279. The molecule has 2 aromatic rings. The van der Waals surface area contributed by atoms with Gasteiger partial charge in [-0.3, -0.25) is 9.59 Å². The third-order valence-corrected chi connectivity index (χ3v) is 5.25. The lowest BCUT2D eigenvalue weighted by atomic mass is 10.0. The molecule has 2 aromatic carbocycles. The predicted molar refractivity (Wildman–Crippen MR) is 104 cm³/mol. The molecular weight excluding hydrogens is 343 g/mol. The number of carbonyl (C=O) groups excluding carboxylic acids is 2. The van der Waals surface area contributed by atoms with Crippen molar-refractivity contribution in [3.05, 3.63) is 59.9 Å². The molecule has 2 atom stereocenters. The average molecular weight is 368 g/mol. The first kappa shape index (κ1) is 19.1. The van der Waals surface area contributed by atoms with E-state index >= 15 is 0 Å². The van der Waals surface area contributed by atoms with Crippen LogP contribution in [0, 0.1) is 5.82 Å². The fourth-order valence-electron chi connectivity index (χ4n) is 3.61. The highest BCUT2D eigenvalue weighted by Crippen LogP contribution is 2.26. The number of rotatable bonds is 5. The first-order valence-electron chi connectivity index (χ1n) is 9.40. The van der Waals surface area contributed by atoms with Crippen LogP contribution in [0.5, 0.6) is 0 Å². The van der Waals surface area contributed by atoms with Gasteiger partial charge < -0.3 is 10.2 Å². The molecule has 27 heavy (non-hydrogen) atoms. The number of hydrogen-bond donors (Lipinski definition) is 1. The standard InChI is InChI=1S/C22H25FN2O2/c1-3-21(26)24-19-11-12-20(14-19)25(2)22(27)16-9-7-15(8-10-16)17-5-4-6-18(23)13-17/h4-10,13,19-20H,3,11-12,14H2,1-2H3,(H,24,26)/t19-,20+/m0/s1. The summed E-state index contributed by atoms with van der Waals surface area (Å²) in [5.74, 6) is -0.255. The van der Waals surface area contributed by atoms with E-state index in [9.17, 15) is 14.0 Å². The quantitative estimate of drug-likeness (QED) is 0.867. The molecule has 1 fully saturated rings. The Labute approximate surface area is 159 Å². The molecule has 142 valence electrons. The fourth-order valence-corrected chi connectivity index (χ4v) is 3.61. The highest BCUT2D eigenvalue weighted by atomic mass is 19.1. The first-order valence-corrected chi connectivity index (χ1v) is 9.40. The van der Waals surface area contributed by atoms with Crippen LogP contribution in [0.3, 0.4) is 0 Å². The largest absolute Gasteiger partial charge is 0.353 e. The molecule has 0 unspecified atom stereocenters. The van der Waals surface area contributed by atoms with Gasteiger partial charge in [0.1, 0.15) is 5.82 Å². The van der Waals surface area contributed by atoms with E-state index in [-0.39, 0.29) is 29.7 Å². The van der Waals surface area contributed by atoms with E-state index in [0.717, 1.165) is 30.4 Å². The smallest absolute Gasteiger partial charge is 0.253 e. The summed E-state index contributed by atoms with van der Waals surface area (Å²) in [4.78, 5) is 26.1. The highest BCUT2D eigenvalue weighted by Gasteiger charge is 2.30. The van der Waals surface area contributed by atoms with Crippen molar-refractivity contribution in [2.45, 2.75) is 44.7 Å². The Balaban J connectivity index is 1.64. The molecule has 0 radical (unpaired) electrons. The molecule has 0 spiro atoms. The predicted octanol–water partition coefficient (Wildman–Crippen LogP) is 4.01. The van der Waals surface area contributed by atoms with Crippen LogP contribution in [0.1, 0.15) is 43.0 Å². The van der Waals surface area contributed by atoms with Gasteiger partial charge in [0.25, 0.3) is 5.91 Å². The van der Waals surface area contributed by atoms with E-state index in [1.54, 1.807) is 23.1 Å². The molecule has 1 aliphatic rings. The van der Waals surface area contributed by atoms with E-state index in [0.29, 0.717) is 12.0 Å². The zero-order chi connectivity index (χ0) is 19.4. The third-order valence-electron chi connectivity index (χ3n) is 5.25. The van der Waals surface area contributed by atoms with E-state index in [4.69, 9.17) is 0 Å². The zero-order valence-corrected chi connectivity index (χ0v) is 15.7. The van der Waals surface area contributed by atoms with E-state index in [1.807, 2.05) is 32.2 Å². The van der Waals surface area contributed by atoms with Crippen LogP contribution < -0.4 is 5.32 Å². The lowest BCUT2D eigenvalue weighted by Crippen LogP contribution is -2.38. The van der Waals surface area contributed by atoms with Gasteiger partial charge in [-0.25, -0.2) is 4.39 Å². The van der Waals surface area contributed by atoms with Crippen LogP contribution in [0.2, 0.25) is 0 Å². The van der Waals surface area contributed by atoms with Crippen molar-refractivity contribution < 1.29 is 14.0 Å². The molecule has 0 aliphatic heterocycles. The molecule has 1 N–H and O–H groups in total. The Morgan fingerprint density at radius 3 is 2.52 bits per heavy atom. The van der Waals surface area contributed by atoms with Gasteiger partial charge in [0, 0.05) is 31.1 Å².